The van der Waals surface area contributed by atoms with Crippen molar-refractivity contribution in [2.75, 3.05) is 26.2 Å². The highest BCUT2D eigenvalue weighted by Gasteiger charge is 2.32. The van der Waals surface area contributed by atoms with E-state index in [4.69, 9.17) is 0 Å². The lowest BCUT2D eigenvalue weighted by Gasteiger charge is -2.34. The number of nitrogens with zero attached hydrogens (tertiary/aromatic N) is 2. The van der Waals surface area contributed by atoms with Crippen LogP contribution in [0.4, 0.5) is 0 Å². The first kappa shape index (κ1) is 20.3. The number of nitrogens with one attached hydrogen (secondary N) is 1. The van der Waals surface area contributed by atoms with Crippen LogP contribution in [0.2, 0.25) is 0 Å². The fourth-order valence-electron chi connectivity index (χ4n) is 3.73. The number of piperazine rings is 1. The molecular formula is C22H23N3O4S. The Morgan fingerprint density at radius 1 is 0.967 bits per heavy atom. The Morgan fingerprint density at radius 2 is 1.67 bits per heavy atom. The van der Waals surface area contributed by atoms with Crippen molar-refractivity contribution in [3.63, 3.8) is 0 Å². The van der Waals surface area contributed by atoms with Crippen molar-refractivity contribution >= 4 is 26.8 Å². The summed E-state index contributed by atoms with van der Waals surface area (Å²) in [5.41, 5.74) is 1.87. The van der Waals surface area contributed by atoms with E-state index < -0.39 is 15.6 Å². The van der Waals surface area contributed by atoms with Crippen LogP contribution < -0.4 is 5.56 Å². The number of aromatic amines is 1. The molecule has 7 nitrogen and oxygen atoms in total. The van der Waals surface area contributed by atoms with E-state index in [-0.39, 0.29) is 37.6 Å². The fraction of sp³-hybridized carbons (Fsp3) is 0.273. The van der Waals surface area contributed by atoms with Gasteiger partial charge in [-0.3, -0.25) is 9.59 Å². The average Bonchev–Trinajstić information content (AvgIpc) is 2.74. The highest BCUT2D eigenvalue weighted by molar-refractivity contribution is 7.89. The van der Waals surface area contributed by atoms with Crippen molar-refractivity contribution in [1.82, 2.24) is 14.2 Å². The summed E-state index contributed by atoms with van der Waals surface area (Å²) in [5.74, 6) is -0.384. The zero-order valence-electron chi connectivity index (χ0n) is 16.9. The van der Waals surface area contributed by atoms with E-state index >= 15 is 0 Å². The molecule has 1 N–H and O–H groups in total. The number of benzene rings is 2. The lowest BCUT2D eigenvalue weighted by atomic mass is 10.1. The van der Waals surface area contributed by atoms with Crippen LogP contribution in [0.15, 0.2) is 58.2 Å². The second kappa shape index (κ2) is 7.70. The van der Waals surface area contributed by atoms with E-state index in [1.807, 2.05) is 31.2 Å². The van der Waals surface area contributed by atoms with Gasteiger partial charge in [-0.2, -0.15) is 4.31 Å². The molecule has 0 spiro atoms. The maximum atomic E-state index is 13.1. The molecule has 1 aliphatic heterocycles. The third-order valence-electron chi connectivity index (χ3n) is 5.47. The van der Waals surface area contributed by atoms with Crippen LogP contribution in [0, 0.1) is 13.8 Å². The molecule has 30 heavy (non-hydrogen) atoms. The molecule has 0 atom stereocenters. The summed E-state index contributed by atoms with van der Waals surface area (Å²) in [6.45, 7) is 4.47. The van der Waals surface area contributed by atoms with Gasteiger partial charge >= 0.3 is 0 Å². The molecule has 1 fully saturated rings. The summed E-state index contributed by atoms with van der Waals surface area (Å²) in [7, 11) is -3.64. The molecule has 2 heterocycles. The van der Waals surface area contributed by atoms with Crippen molar-refractivity contribution < 1.29 is 13.2 Å². The number of carbonyl (C=O) groups excluding carboxylic acids is 1. The summed E-state index contributed by atoms with van der Waals surface area (Å²) in [6.07, 6.45) is 0. The number of hydrogen-bond donors (Lipinski definition) is 1. The van der Waals surface area contributed by atoms with E-state index in [2.05, 4.69) is 4.98 Å². The molecule has 1 aromatic heterocycles. The molecule has 1 saturated heterocycles. The van der Waals surface area contributed by atoms with Crippen molar-refractivity contribution in [2.24, 2.45) is 0 Å². The number of para-hydroxylation sites is 1. The first-order chi connectivity index (χ1) is 14.3. The number of rotatable bonds is 3. The van der Waals surface area contributed by atoms with Gasteiger partial charge in [-0.1, -0.05) is 30.3 Å². The Hall–Kier alpha value is -2.97. The van der Waals surface area contributed by atoms with Gasteiger partial charge in [-0.25, -0.2) is 8.42 Å². The third-order valence-corrected chi connectivity index (χ3v) is 7.51. The largest absolute Gasteiger partial charge is 0.336 e. The average molecular weight is 426 g/mol. The number of pyridine rings is 1. The Morgan fingerprint density at radius 3 is 2.40 bits per heavy atom. The number of carbonyl (C=O) groups is 1. The van der Waals surface area contributed by atoms with Crippen LogP contribution in [-0.2, 0) is 10.0 Å². The minimum atomic E-state index is -3.64. The van der Waals surface area contributed by atoms with Crippen LogP contribution in [0.5, 0.6) is 0 Å². The van der Waals surface area contributed by atoms with E-state index in [1.165, 1.54) is 9.21 Å². The molecule has 3 aromatic rings. The van der Waals surface area contributed by atoms with Gasteiger partial charge in [0.15, 0.2) is 0 Å². The summed E-state index contributed by atoms with van der Waals surface area (Å²) in [4.78, 5) is 29.9. The molecule has 0 saturated carbocycles. The van der Waals surface area contributed by atoms with E-state index in [1.54, 1.807) is 31.2 Å². The number of amides is 1. The van der Waals surface area contributed by atoms with Crippen molar-refractivity contribution in [3.05, 3.63) is 75.6 Å². The molecule has 156 valence electrons. The van der Waals surface area contributed by atoms with E-state index in [9.17, 15) is 18.0 Å². The van der Waals surface area contributed by atoms with Gasteiger partial charge < -0.3 is 9.88 Å². The SMILES string of the molecule is Cc1ccc(C)c(S(=O)(=O)N2CCN(C(=O)c3cc4ccccc4[nH]c3=O)CC2)c1. The molecule has 0 bridgehead atoms. The first-order valence-corrected chi connectivity index (χ1v) is 11.2. The molecule has 0 unspecified atom stereocenters. The predicted molar refractivity (Wildman–Crippen MR) is 115 cm³/mol. The molecule has 1 aliphatic rings. The normalized spacial score (nSPS) is 15.5. The molecular weight excluding hydrogens is 402 g/mol. The van der Waals surface area contributed by atoms with Crippen LogP contribution in [0.25, 0.3) is 10.9 Å². The Labute approximate surface area is 175 Å². The number of H-pyrrole nitrogens is 1. The number of sulfonamides is 1. The second-order valence-electron chi connectivity index (χ2n) is 7.56. The quantitative estimate of drug-likeness (QED) is 0.697. The standard InChI is InChI=1S/C22H23N3O4S/c1-15-7-8-16(2)20(13-15)30(28,29)25-11-9-24(10-12-25)22(27)18-14-17-5-3-4-6-19(17)23-21(18)26/h3-8,13-14H,9-12H2,1-2H3,(H,23,26). The maximum Gasteiger partial charge on any atom is 0.261 e. The van der Waals surface area contributed by atoms with E-state index in [0.717, 1.165) is 10.9 Å². The van der Waals surface area contributed by atoms with Gasteiger partial charge in [0, 0.05) is 31.7 Å². The van der Waals surface area contributed by atoms with Gasteiger partial charge in [0.1, 0.15) is 5.56 Å². The number of hydrogen-bond acceptors (Lipinski definition) is 4. The first-order valence-electron chi connectivity index (χ1n) is 9.76. The van der Waals surface area contributed by atoms with Crippen LogP contribution in [0.1, 0.15) is 21.5 Å². The smallest absolute Gasteiger partial charge is 0.261 e. The molecule has 8 heteroatoms. The van der Waals surface area contributed by atoms with Gasteiger partial charge in [-0.05, 0) is 48.6 Å². The Bertz CT molecular complexity index is 1290. The molecule has 1 amide bonds. The van der Waals surface area contributed by atoms with Crippen molar-refractivity contribution in [2.45, 2.75) is 18.7 Å². The lowest BCUT2D eigenvalue weighted by molar-refractivity contribution is 0.0696. The highest BCUT2D eigenvalue weighted by atomic mass is 32.2. The minimum absolute atomic E-state index is 0.0690. The molecule has 2 aromatic carbocycles. The number of aromatic nitrogens is 1. The zero-order valence-corrected chi connectivity index (χ0v) is 17.7. The lowest BCUT2D eigenvalue weighted by Crippen LogP contribution is -2.51. The fourth-order valence-corrected chi connectivity index (χ4v) is 5.46. The second-order valence-corrected chi connectivity index (χ2v) is 9.47. The highest BCUT2D eigenvalue weighted by Crippen LogP contribution is 2.23. The molecule has 4 rings (SSSR count). The van der Waals surface area contributed by atoms with Crippen LogP contribution in [0.3, 0.4) is 0 Å². The van der Waals surface area contributed by atoms with Crippen LogP contribution >= 0.6 is 0 Å². The predicted octanol–water partition coefficient (Wildman–Crippen LogP) is 2.29. The van der Waals surface area contributed by atoms with E-state index in [0.29, 0.717) is 16.0 Å². The summed E-state index contributed by atoms with van der Waals surface area (Å²) < 4.78 is 27.6. The zero-order chi connectivity index (χ0) is 21.5. The van der Waals surface area contributed by atoms with Gasteiger partial charge in [-0.15, -0.1) is 0 Å². The molecule has 0 radical (unpaired) electrons. The van der Waals surface area contributed by atoms with Crippen LogP contribution in [-0.4, -0.2) is 54.7 Å². The third kappa shape index (κ3) is 3.64. The van der Waals surface area contributed by atoms with Crippen molar-refractivity contribution in [3.8, 4) is 0 Å². The van der Waals surface area contributed by atoms with Gasteiger partial charge in [0.05, 0.1) is 4.90 Å². The summed E-state index contributed by atoms with van der Waals surface area (Å²) >= 11 is 0. The maximum absolute atomic E-state index is 13.1. The van der Waals surface area contributed by atoms with Gasteiger partial charge in [0.25, 0.3) is 11.5 Å². The Kier molecular flexibility index (Phi) is 5.21. The topological polar surface area (TPSA) is 90.6 Å². The minimum Gasteiger partial charge on any atom is -0.336 e. The summed E-state index contributed by atoms with van der Waals surface area (Å²) in [5, 5.41) is 0.775. The van der Waals surface area contributed by atoms with Crippen molar-refractivity contribution in [1.29, 1.82) is 0 Å². The Balaban J connectivity index is 1.53. The monoisotopic (exact) mass is 425 g/mol. The number of aryl methyl sites for hydroxylation is 2. The van der Waals surface area contributed by atoms with Gasteiger partial charge in [0.2, 0.25) is 10.0 Å². The summed E-state index contributed by atoms with van der Waals surface area (Å²) in [6, 6.07) is 14.2. The molecule has 0 aliphatic carbocycles. The number of fused-ring (bicyclic) bond motifs is 1.